The summed E-state index contributed by atoms with van der Waals surface area (Å²) in [4.78, 5) is 0. The normalized spacial score (nSPS) is 8.74. The van der Waals surface area contributed by atoms with Crippen molar-refractivity contribution in [3.8, 4) is 30.3 Å². The fraction of sp³-hybridized carbons (Fsp3) is 0.0833. The maximum Gasteiger partial charge on any atom is 0.266 e. The summed E-state index contributed by atoms with van der Waals surface area (Å²) in [5, 5.41) is 44.3. The molecule has 19 heavy (non-hydrogen) atoms. The Morgan fingerprint density at radius 1 is 0.579 bits per heavy atom. The van der Waals surface area contributed by atoms with Crippen molar-refractivity contribution in [3.63, 3.8) is 0 Å². The molecule has 7 heteroatoms. The molecule has 0 aromatic heterocycles. The van der Waals surface area contributed by atoms with E-state index in [2.05, 4.69) is 0 Å². The van der Waals surface area contributed by atoms with Crippen LogP contribution in [0, 0.1) is 56.7 Å². The number of nitriles is 5. The number of benzene rings is 1. The van der Waals surface area contributed by atoms with Crippen LogP contribution in [-0.4, -0.2) is 0 Å². The summed E-state index contributed by atoms with van der Waals surface area (Å²) >= 11 is 0. The second-order valence-electron chi connectivity index (χ2n) is 3.15. The summed E-state index contributed by atoms with van der Waals surface area (Å²) < 4.78 is 25.9. The zero-order chi connectivity index (χ0) is 14.6. The number of halogens is 2. The molecule has 5 nitrogen and oxygen atoms in total. The molecule has 0 spiro atoms. The molecule has 0 fully saturated rings. The third-order valence-electron chi connectivity index (χ3n) is 2.32. The predicted molar refractivity (Wildman–Crippen MR) is 55.0 cm³/mol. The fourth-order valence-electron chi connectivity index (χ4n) is 1.56. The predicted octanol–water partition coefficient (Wildman–Crippen LogP) is 1.98. The maximum absolute atomic E-state index is 12.9. The van der Waals surface area contributed by atoms with Crippen molar-refractivity contribution in [1.29, 1.82) is 26.3 Å². The summed E-state index contributed by atoms with van der Waals surface area (Å²) in [6.07, 6.45) is -3.21. The molecule has 88 valence electrons. The molecule has 0 saturated carbocycles. The van der Waals surface area contributed by atoms with Crippen molar-refractivity contribution in [2.45, 2.75) is 6.43 Å². The van der Waals surface area contributed by atoms with Gasteiger partial charge in [0.25, 0.3) is 6.43 Å². The minimum atomic E-state index is -3.21. The highest BCUT2D eigenvalue weighted by molar-refractivity contribution is 5.70. The molecule has 0 aliphatic heterocycles. The van der Waals surface area contributed by atoms with Gasteiger partial charge in [0.15, 0.2) is 0 Å². The van der Waals surface area contributed by atoms with Gasteiger partial charge in [-0.15, -0.1) is 0 Å². The molecule has 0 aliphatic rings. The molecular weight excluding hydrogens is 252 g/mol. The molecule has 0 heterocycles. The molecule has 0 amide bonds. The number of nitrogens with zero attached hydrogens (tertiary/aromatic N) is 5. The van der Waals surface area contributed by atoms with E-state index in [4.69, 9.17) is 26.3 Å². The van der Waals surface area contributed by atoms with Crippen molar-refractivity contribution < 1.29 is 8.78 Å². The van der Waals surface area contributed by atoms with Crippen LogP contribution in [0.2, 0.25) is 0 Å². The Hall–Kier alpha value is -3.47. The van der Waals surface area contributed by atoms with E-state index in [-0.39, 0.29) is 0 Å². The summed E-state index contributed by atoms with van der Waals surface area (Å²) in [7, 11) is 0. The molecule has 0 unspecified atom stereocenters. The topological polar surface area (TPSA) is 119 Å². The van der Waals surface area contributed by atoms with Crippen LogP contribution in [0.4, 0.5) is 8.78 Å². The first-order valence-corrected chi connectivity index (χ1v) is 4.59. The van der Waals surface area contributed by atoms with Gasteiger partial charge < -0.3 is 0 Å². The van der Waals surface area contributed by atoms with E-state index in [1.807, 2.05) is 0 Å². The summed E-state index contributed by atoms with van der Waals surface area (Å²) in [5.74, 6) is 0. The van der Waals surface area contributed by atoms with Gasteiger partial charge in [-0.25, -0.2) is 8.78 Å². The van der Waals surface area contributed by atoms with Crippen LogP contribution in [0.25, 0.3) is 0 Å². The van der Waals surface area contributed by atoms with Crippen LogP contribution in [0.3, 0.4) is 0 Å². The van der Waals surface area contributed by atoms with E-state index in [1.54, 1.807) is 0 Å². The lowest BCUT2D eigenvalue weighted by atomic mass is 9.88. The average molecular weight is 253 g/mol. The first-order valence-electron chi connectivity index (χ1n) is 4.59. The van der Waals surface area contributed by atoms with Crippen LogP contribution in [-0.2, 0) is 0 Å². The lowest BCUT2D eigenvalue weighted by Crippen LogP contribution is -2.06. The Kier molecular flexibility index (Phi) is 3.75. The highest BCUT2D eigenvalue weighted by Crippen LogP contribution is 2.33. The Morgan fingerprint density at radius 2 is 0.842 bits per heavy atom. The number of alkyl halides is 2. The van der Waals surface area contributed by atoms with Crippen molar-refractivity contribution in [1.82, 2.24) is 0 Å². The first kappa shape index (κ1) is 13.6. The van der Waals surface area contributed by atoms with Crippen molar-refractivity contribution >= 4 is 0 Å². The number of rotatable bonds is 1. The van der Waals surface area contributed by atoms with Gasteiger partial charge >= 0.3 is 0 Å². The van der Waals surface area contributed by atoms with Gasteiger partial charge in [-0.2, -0.15) is 26.3 Å². The van der Waals surface area contributed by atoms with Crippen LogP contribution >= 0.6 is 0 Å². The average Bonchev–Trinajstić information content (AvgIpc) is 2.43. The maximum atomic E-state index is 12.9. The minimum Gasteiger partial charge on any atom is -0.205 e. The van der Waals surface area contributed by atoms with Gasteiger partial charge in [0, 0.05) is 0 Å². The smallest absolute Gasteiger partial charge is 0.205 e. The van der Waals surface area contributed by atoms with Gasteiger partial charge in [0.1, 0.15) is 30.3 Å². The SMILES string of the molecule is N#Cc1c(C#N)c(C#N)c(C(F)F)c(C#N)c1C#N. The molecule has 1 rings (SSSR count). The monoisotopic (exact) mass is 253 g/mol. The summed E-state index contributed by atoms with van der Waals surface area (Å²) in [6.45, 7) is 0. The second kappa shape index (κ2) is 5.24. The Bertz CT molecular complexity index is 707. The standard InChI is InChI=1S/C12HF2N5/c13-12(14)11-9(4-18)7(2-16)6(1-15)8(3-17)10(11)5-19/h12H. The van der Waals surface area contributed by atoms with E-state index >= 15 is 0 Å². The minimum absolute atomic E-state index is 0.539. The van der Waals surface area contributed by atoms with Crippen LogP contribution in [0.5, 0.6) is 0 Å². The first-order chi connectivity index (χ1) is 9.06. The van der Waals surface area contributed by atoms with Crippen molar-refractivity contribution in [2.24, 2.45) is 0 Å². The van der Waals surface area contributed by atoms with E-state index in [0.29, 0.717) is 0 Å². The van der Waals surface area contributed by atoms with Crippen molar-refractivity contribution in [2.75, 3.05) is 0 Å². The summed E-state index contributed by atoms with van der Waals surface area (Å²) in [6, 6.07) is 7.15. The third-order valence-corrected chi connectivity index (χ3v) is 2.32. The van der Waals surface area contributed by atoms with Gasteiger partial charge in [0.05, 0.1) is 33.4 Å². The van der Waals surface area contributed by atoms with E-state index in [1.165, 1.54) is 30.3 Å². The van der Waals surface area contributed by atoms with Crippen LogP contribution < -0.4 is 0 Å². The molecule has 0 bridgehead atoms. The fourth-order valence-corrected chi connectivity index (χ4v) is 1.56. The Morgan fingerprint density at radius 3 is 1.05 bits per heavy atom. The molecule has 0 atom stereocenters. The lowest BCUT2D eigenvalue weighted by molar-refractivity contribution is 0.150. The zero-order valence-electron chi connectivity index (χ0n) is 9.07. The van der Waals surface area contributed by atoms with E-state index in [0.717, 1.165) is 0 Å². The van der Waals surface area contributed by atoms with E-state index in [9.17, 15) is 8.78 Å². The molecule has 0 radical (unpaired) electrons. The lowest BCUT2D eigenvalue weighted by Gasteiger charge is -2.10. The number of hydrogen-bond acceptors (Lipinski definition) is 5. The van der Waals surface area contributed by atoms with Crippen LogP contribution in [0.15, 0.2) is 0 Å². The molecule has 1 aromatic rings. The quantitative estimate of drug-likeness (QED) is 0.757. The van der Waals surface area contributed by atoms with Gasteiger partial charge in [-0.3, -0.25) is 0 Å². The highest BCUT2D eigenvalue weighted by atomic mass is 19.3. The molecular formula is C12HF2N5. The zero-order valence-corrected chi connectivity index (χ0v) is 9.07. The van der Waals surface area contributed by atoms with Crippen LogP contribution in [0.1, 0.15) is 39.8 Å². The molecule has 0 aliphatic carbocycles. The third kappa shape index (κ3) is 1.91. The van der Waals surface area contributed by atoms with Gasteiger partial charge in [0.2, 0.25) is 0 Å². The number of hydrogen-bond donors (Lipinski definition) is 0. The highest BCUT2D eigenvalue weighted by Gasteiger charge is 2.28. The Labute approximate surface area is 106 Å². The van der Waals surface area contributed by atoms with E-state index < -0.39 is 39.8 Å². The van der Waals surface area contributed by atoms with Gasteiger partial charge in [-0.05, 0) is 0 Å². The molecule has 0 saturated heterocycles. The second-order valence-corrected chi connectivity index (χ2v) is 3.15. The molecule has 1 aromatic carbocycles. The van der Waals surface area contributed by atoms with Gasteiger partial charge in [-0.1, -0.05) is 0 Å². The molecule has 0 N–H and O–H groups in total. The van der Waals surface area contributed by atoms with Crippen molar-refractivity contribution in [3.05, 3.63) is 33.4 Å². The summed E-state index contributed by atoms with van der Waals surface area (Å²) in [5.41, 5.74) is -4.25. The largest absolute Gasteiger partial charge is 0.266 e. The Balaban J connectivity index is 4.17.